The molecule has 6 nitrogen and oxygen atoms in total. The molecule has 1 heterocycles. The molecular formula is C24H28O6. The van der Waals surface area contributed by atoms with Crippen LogP contribution in [0.1, 0.15) is 39.5 Å². The van der Waals surface area contributed by atoms with Crippen LogP contribution in [0.5, 0.6) is 5.75 Å². The third-order valence-corrected chi connectivity index (χ3v) is 6.25. The number of allylic oxidation sites excluding steroid dienone is 1. The van der Waals surface area contributed by atoms with E-state index in [1.54, 1.807) is 12.1 Å². The number of aliphatic hydroxyl groups is 4. The molecule has 0 radical (unpaired) electrons. The molecule has 1 aliphatic heterocycles. The number of hydrogen-bond acceptors (Lipinski definition) is 6. The summed E-state index contributed by atoms with van der Waals surface area (Å²) in [4.78, 5) is 0. The lowest BCUT2D eigenvalue weighted by Gasteiger charge is -2.40. The van der Waals surface area contributed by atoms with Crippen molar-refractivity contribution in [2.24, 2.45) is 0 Å². The van der Waals surface area contributed by atoms with Crippen molar-refractivity contribution in [3.8, 4) is 5.75 Å². The third-order valence-electron chi connectivity index (χ3n) is 6.25. The molecule has 2 aliphatic rings. The van der Waals surface area contributed by atoms with E-state index in [0.29, 0.717) is 12.0 Å². The maximum atomic E-state index is 10.4. The van der Waals surface area contributed by atoms with Gasteiger partial charge < -0.3 is 30.3 Å². The molecule has 1 fully saturated rings. The van der Waals surface area contributed by atoms with Gasteiger partial charge in [0.05, 0.1) is 6.61 Å². The average Bonchev–Trinajstić information content (AvgIpc) is 3.09. The second-order valence-corrected chi connectivity index (χ2v) is 8.43. The van der Waals surface area contributed by atoms with Crippen molar-refractivity contribution in [2.75, 3.05) is 6.61 Å². The first-order valence-corrected chi connectivity index (χ1v) is 10.2. The lowest BCUT2D eigenvalue weighted by atomic mass is 9.89. The summed E-state index contributed by atoms with van der Waals surface area (Å²) >= 11 is 0. The lowest BCUT2D eigenvalue weighted by molar-refractivity contribution is -0.232. The molecule has 2 aromatic carbocycles. The Kier molecular flexibility index (Phi) is 5.70. The van der Waals surface area contributed by atoms with Crippen LogP contribution in [0.2, 0.25) is 0 Å². The van der Waals surface area contributed by atoms with Crippen LogP contribution >= 0.6 is 0 Å². The average molecular weight is 412 g/mol. The van der Waals surface area contributed by atoms with Crippen molar-refractivity contribution in [3.05, 3.63) is 69.3 Å². The Morgan fingerprint density at radius 2 is 1.70 bits per heavy atom. The molecule has 5 N–H and O–H groups in total. The Hall–Kier alpha value is -2.22. The van der Waals surface area contributed by atoms with Gasteiger partial charge in [-0.3, -0.25) is 0 Å². The molecule has 0 bridgehead atoms. The number of aromatic hydroxyl groups is 1. The molecule has 0 aromatic heterocycles. The van der Waals surface area contributed by atoms with Crippen molar-refractivity contribution in [3.63, 3.8) is 0 Å². The smallest absolute Gasteiger partial charge is 0.121 e. The predicted molar refractivity (Wildman–Crippen MR) is 112 cm³/mol. The second kappa shape index (κ2) is 8.13. The summed E-state index contributed by atoms with van der Waals surface area (Å²) in [6.45, 7) is 3.71. The van der Waals surface area contributed by atoms with E-state index in [4.69, 9.17) is 4.74 Å². The Bertz CT molecular complexity index is 980. The molecule has 5 atom stereocenters. The molecule has 160 valence electrons. The van der Waals surface area contributed by atoms with E-state index < -0.39 is 37.1 Å². The van der Waals surface area contributed by atoms with Crippen LogP contribution in [0.4, 0.5) is 0 Å². The van der Waals surface area contributed by atoms with Crippen LogP contribution in [-0.4, -0.2) is 56.6 Å². The minimum Gasteiger partial charge on any atom is -0.508 e. The van der Waals surface area contributed by atoms with E-state index in [1.165, 1.54) is 27.8 Å². The molecule has 1 unspecified atom stereocenters. The molecule has 6 heteroatoms. The van der Waals surface area contributed by atoms with Gasteiger partial charge in [0.15, 0.2) is 0 Å². The van der Waals surface area contributed by atoms with E-state index >= 15 is 0 Å². The normalized spacial score (nSPS) is 28.3. The van der Waals surface area contributed by atoms with Crippen molar-refractivity contribution in [2.45, 2.75) is 57.2 Å². The van der Waals surface area contributed by atoms with Crippen molar-refractivity contribution in [1.82, 2.24) is 0 Å². The van der Waals surface area contributed by atoms with E-state index in [1.807, 2.05) is 6.07 Å². The van der Waals surface area contributed by atoms with Gasteiger partial charge in [-0.05, 0) is 66.6 Å². The van der Waals surface area contributed by atoms with E-state index in [9.17, 15) is 25.5 Å². The molecule has 1 saturated heterocycles. The molecule has 0 saturated carbocycles. The number of phenolic OH excluding ortho intramolecular Hbond substituents is 1. The summed E-state index contributed by atoms with van der Waals surface area (Å²) in [5, 5.41) is 50.3. The van der Waals surface area contributed by atoms with Crippen molar-refractivity contribution < 1.29 is 30.3 Å². The van der Waals surface area contributed by atoms with Gasteiger partial charge in [0.25, 0.3) is 0 Å². The predicted octanol–water partition coefficient (Wildman–Crippen LogP) is 1.71. The maximum absolute atomic E-state index is 10.4. The van der Waals surface area contributed by atoms with E-state index in [0.717, 1.165) is 12.0 Å². The topological polar surface area (TPSA) is 110 Å². The fraction of sp³-hybridized carbons (Fsp3) is 0.417. The van der Waals surface area contributed by atoms with Crippen LogP contribution in [0.15, 0.2) is 35.9 Å². The van der Waals surface area contributed by atoms with Gasteiger partial charge in [-0.15, -0.1) is 0 Å². The number of phenols is 1. The number of fused-ring (bicyclic) bond motifs is 1. The highest BCUT2D eigenvalue weighted by Crippen LogP contribution is 2.38. The molecule has 30 heavy (non-hydrogen) atoms. The Balaban J connectivity index is 1.58. The molecule has 1 aliphatic carbocycles. The minimum absolute atomic E-state index is 0.0713. The number of rotatable bonds is 4. The van der Waals surface area contributed by atoms with Gasteiger partial charge >= 0.3 is 0 Å². The zero-order valence-electron chi connectivity index (χ0n) is 17.1. The lowest BCUT2D eigenvalue weighted by Crippen LogP contribution is -2.55. The highest BCUT2D eigenvalue weighted by molar-refractivity contribution is 5.66. The highest BCUT2D eigenvalue weighted by Gasteiger charge is 2.44. The van der Waals surface area contributed by atoms with Crippen LogP contribution in [-0.2, 0) is 17.6 Å². The highest BCUT2D eigenvalue weighted by atomic mass is 16.5. The van der Waals surface area contributed by atoms with Gasteiger partial charge in [-0.25, -0.2) is 0 Å². The zero-order chi connectivity index (χ0) is 21.6. The number of benzene rings is 2. The van der Waals surface area contributed by atoms with Crippen LogP contribution < -0.4 is 0 Å². The molecule has 0 spiro atoms. The molecule has 4 rings (SSSR count). The molecule has 0 amide bonds. The Labute approximate surface area is 175 Å². The second-order valence-electron chi connectivity index (χ2n) is 8.43. The fourth-order valence-electron chi connectivity index (χ4n) is 4.38. The largest absolute Gasteiger partial charge is 0.508 e. The first kappa shape index (κ1) is 21.0. The quantitative estimate of drug-likeness (QED) is 0.523. The first-order chi connectivity index (χ1) is 14.3. The summed E-state index contributed by atoms with van der Waals surface area (Å²) in [5.74, 6) is -0.0713. The van der Waals surface area contributed by atoms with Gasteiger partial charge in [0.2, 0.25) is 0 Å². The van der Waals surface area contributed by atoms with Crippen LogP contribution in [0, 0.1) is 13.8 Å². The standard InChI is InChI=1S/C24H28O6/c1-12-5-16-8-15(9-17(16)6-13(12)2)7-14-3-4-19(26)18(10-14)24-23(29)22(28)21(27)20(11-25)30-24/h3-6,8,10,20-29H,7,9,11H2,1-2H3/t20-,21-,22+,23-,24?/m1/s1. The number of aryl methyl sites for hydroxylation is 2. The molecular weight excluding hydrogens is 384 g/mol. The fourth-order valence-corrected chi connectivity index (χ4v) is 4.38. The summed E-state index contributed by atoms with van der Waals surface area (Å²) in [5.41, 5.74) is 7.60. The van der Waals surface area contributed by atoms with Crippen LogP contribution in [0.25, 0.3) is 6.08 Å². The van der Waals surface area contributed by atoms with Crippen molar-refractivity contribution >= 4 is 6.08 Å². The van der Waals surface area contributed by atoms with Gasteiger partial charge in [-0.2, -0.15) is 0 Å². The zero-order valence-corrected chi connectivity index (χ0v) is 17.1. The number of ether oxygens (including phenoxy) is 1. The van der Waals surface area contributed by atoms with E-state index in [-0.39, 0.29) is 5.75 Å². The monoisotopic (exact) mass is 412 g/mol. The summed E-state index contributed by atoms with van der Waals surface area (Å²) in [7, 11) is 0. The summed E-state index contributed by atoms with van der Waals surface area (Å²) < 4.78 is 5.61. The van der Waals surface area contributed by atoms with Crippen molar-refractivity contribution in [1.29, 1.82) is 0 Å². The van der Waals surface area contributed by atoms with Crippen LogP contribution in [0.3, 0.4) is 0 Å². The Morgan fingerprint density at radius 3 is 2.43 bits per heavy atom. The summed E-state index contributed by atoms with van der Waals surface area (Å²) in [6, 6.07) is 9.55. The SMILES string of the molecule is Cc1cc2c(cc1C)CC(Cc1ccc(O)c(C3O[C@H](CO)[C@@H](O)[C@H](O)[C@H]3O)c1)=C2. The minimum atomic E-state index is -1.48. The third kappa shape index (κ3) is 3.77. The summed E-state index contributed by atoms with van der Waals surface area (Å²) in [6.07, 6.45) is -2.67. The molecule has 2 aromatic rings. The Morgan fingerprint density at radius 1 is 0.967 bits per heavy atom. The number of aliphatic hydroxyl groups excluding tert-OH is 4. The van der Waals surface area contributed by atoms with E-state index in [2.05, 4.69) is 32.1 Å². The number of hydrogen-bond donors (Lipinski definition) is 5. The van der Waals surface area contributed by atoms with Gasteiger partial charge in [-0.1, -0.05) is 29.8 Å². The first-order valence-electron chi connectivity index (χ1n) is 10.2. The maximum Gasteiger partial charge on any atom is 0.121 e. The van der Waals surface area contributed by atoms with Gasteiger partial charge in [0.1, 0.15) is 36.3 Å². The van der Waals surface area contributed by atoms with Gasteiger partial charge in [0, 0.05) is 5.56 Å².